The first kappa shape index (κ1) is 20.4. The van der Waals surface area contributed by atoms with Gasteiger partial charge < -0.3 is 9.67 Å². The van der Waals surface area contributed by atoms with E-state index in [4.69, 9.17) is 0 Å². The fourth-order valence-electron chi connectivity index (χ4n) is 7.79. The van der Waals surface area contributed by atoms with Crippen molar-refractivity contribution in [1.29, 1.82) is 0 Å². The van der Waals surface area contributed by atoms with Crippen LogP contribution >= 0.6 is 0 Å². The first-order valence-electron chi connectivity index (χ1n) is 12.6. The Balaban J connectivity index is 1.35. The predicted molar refractivity (Wildman–Crippen MR) is 123 cm³/mol. The number of rotatable bonds is 3. The quantitative estimate of drug-likeness (QED) is 0.761. The van der Waals surface area contributed by atoms with Crippen LogP contribution in [0.4, 0.5) is 0 Å². The molecule has 1 unspecified atom stereocenters. The van der Waals surface area contributed by atoms with Crippen LogP contribution in [0, 0.1) is 11.8 Å². The monoisotopic (exact) mass is 435 g/mol. The number of aromatic carboxylic acids is 1. The Kier molecular flexibility index (Phi) is 5.09. The SMILES string of the molecule is O=C(O)c1nc2ccccc2n([C@@H]2C[C@H]3CCC[C@@H](C2)N3C2C[C@H]3CCC[C@@H](C2)C3)c1=O. The van der Waals surface area contributed by atoms with Crippen molar-refractivity contribution in [3.05, 3.63) is 40.3 Å². The summed E-state index contributed by atoms with van der Waals surface area (Å²) in [5.41, 5.74) is 0.569. The maximum atomic E-state index is 13.3. The summed E-state index contributed by atoms with van der Waals surface area (Å²) in [4.78, 5) is 32.1. The molecule has 6 atom stereocenters. The Hall–Kier alpha value is -2.21. The average molecular weight is 436 g/mol. The van der Waals surface area contributed by atoms with Crippen molar-refractivity contribution in [3.8, 4) is 0 Å². The molecule has 2 aromatic rings. The van der Waals surface area contributed by atoms with Crippen LogP contribution < -0.4 is 5.56 Å². The van der Waals surface area contributed by atoms with E-state index < -0.39 is 11.5 Å². The minimum Gasteiger partial charge on any atom is -0.476 e. The smallest absolute Gasteiger partial charge is 0.360 e. The van der Waals surface area contributed by atoms with Gasteiger partial charge in [0.25, 0.3) is 5.56 Å². The van der Waals surface area contributed by atoms with Gasteiger partial charge in [-0.05, 0) is 68.9 Å². The zero-order valence-electron chi connectivity index (χ0n) is 18.7. The molecule has 1 aromatic carbocycles. The molecule has 0 spiro atoms. The lowest BCUT2D eigenvalue weighted by molar-refractivity contribution is -0.0486. The van der Waals surface area contributed by atoms with Gasteiger partial charge in [0.2, 0.25) is 5.69 Å². The van der Waals surface area contributed by atoms with Crippen LogP contribution in [-0.2, 0) is 0 Å². The van der Waals surface area contributed by atoms with Crippen molar-refractivity contribution >= 4 is 17.0 Å². The van der Waals surface area contributed by atoms with E-state index >= 15 is 0 Å². The highest BCUT2D eigenvalue weighted by atomic mass is 16.4. The third-order valence-electron chi connectivity index (χ3n) is 8.89. The second-order valence-corrected chi connectivity index (χ2v) is 10.8. The molecule has 0 amide bonds. The molecular formula is C26H33N3O3. The number of nitrogens with zero attached hydrogens (tertiary/aromatic N) is 3. The number of carbonyl (C=O) groups is 1. The van der Waals surface area contributed by atoms with Crippen LogP contribution in [0.25, 0.3) is 11.0 Å². The largest absolute Gasteiger partial charge is 0.476 e. The number of hydrogen-bond donors (Lipinski definition) is 1. The minimum atomic E-state index is -1.24. The van der Waals surface area contributed by atoms with E-state index in [-0.39, 0.29) is 11.7 Å². The van der Waals surface area contributed by atoms with E-state index in [1.807, 2.05) is 24.3 Å². The molecule has 6 nitrogen and oxygen atoms in total. The number of fused-ring (bicyclic) bond motifs is 5. The van der Waals surface area contributed by atoms with Crippen molar-refractivity contribution in [2.24, 2.45) is 11.8 Å². The first-order valence-corrected chi connectivity index (χ1v) is 12.6. The number of benzene rings is 1. The fraction of sp³-hybridized carbons (Fsp3) is 0.654. The topological polar surface area (TPSA) is 75.4 Å². The Morgan fingerprint density at radius 2 is 1.50 bits per heavy atom. The number of carboxylic acids is 1. The minimum absolute atomic E-state index is 0.0446. The van der Waals surface area contributed by atoms with Gasteiger partial charge in [-0.2, -0.15) is 0 Å². The Morgan fingerprint density at radius 3 is 2.19 bits per heavy atom. The molecule has 2 saturated carbocycles. The van der Waals surface area contributed by atoms with Crippen molar-refractivity contribution in [2.45, 2.75) is 94.8 Å². The summed E-state index contributed by atoms with van der Waals surface area (Å²) < 4.78 is 1.78. The fourth-order valence-corrected chi connectivity index (χ4v) is 7.79. The van der Waals surface area contributed by atoms with Crippen molar-refractivity contribution in [1.82, 2.24) is 14.5 Å². The zero-order valence-corrected chi connectivity index (χ0v) is 18.7. The van der Waals surface area contributed by atoms with E-state index in [9.17, 15) is 14.7 Å². The van der Waals surface area contributed by atoms with E-state index in [1.165, 1.54) is 57.8 Å². The first-order chi connectivity index (χ1) is 15.6. The number of hydrogen-bond acceptors (Lipinski definition) is 4. The Bertz CT molecular complexity index is 1070. The second kappa shape index (κ2) is 7.98. The number of carboxylic acid groups (broad SMARTS) is 1. The van der Waals surface area contributed by atoms with Gasteiger partial charge in [-0.1, -0.05) is 37.8 Å². The van der Waals surface area contributed by atoms with Crippen LogP contribution in [0.3, 0.4) is 0 Å². The molecule has 170 valence electrons. The van der Waals surface area contributed by atoms with Crippen LogP contribution in [0.15, 0.2) is 29.1 Å². The van der Waals surface area contributed by atoms with E-state index in [1.54, 1.807) is 4.57 Å². The highest BCUT2D eigenvalue weighted by Crippen LogP contribution is 2.47. The molecule has 0 radical (unpaired) electrons. The van der Waals surface area contributed by atoms with E-state index in [2.05, 4.69) is 9.88 Å². The van der Waals surface area contributed by atoms with Gasteiger partial charge in [-0.3, -0.25) is 9.69 Å². The molecule has 4 aliphatic rings. The summed E-state index contributed by atoms with van der Waals surface area (Å²) in [6.45, 7) is 0. The molecule has 3 heterocycles. The van der Waals surface area contributed by atoms with Crippen molar-refractivity contribution in [3.63, 3.8) is 0 Å². The normalized spacial score (nSPS) is 35.0. The Labute approximate surface area is 188 Å². The molecule has 1 N–H and O–H groups in total. The number of piperidine rings is 2. The van der Waals surface area contributed by atoms with Gasteiger partial charge >= 0.3 is 5.97 Å². The van der Waals surface area contributed by atoms with Crippen LogP contribution in [0.5, 0.6) is 0 Å². The summed E-state index contributed by atoms with van der Waals surface area (Å²) in [5, 5.41) is 9.62. The summed E-state index contributed by atoms with van der Waals surface area (Å²) >= 11 is 0. The van der Waals surface area contributed by atoms with Gasteiger partial charge in [-0.15, -0.1) is 0 Å². The van der Waals surface area contributed by atoms with Crippen LogP contribution in [0.1, 0.15) is 87.2 Å². The molecule has 2 saturated heterocycles. The number of para-hydroxylation sites is 2. The van der Waals surface area contributed by atoms with E-state index in [0.29, 0.717) is 23.6 Å². The van der Waals surface area contributed by atoms with Gasteiger partial charge in [0.1, 0.15) is 0 Å². The summed E-state index contributed by atoms with van der Waals surface area (Å²) in [6.07, 6.45) is 13.9. The van der Waals surface area contributed by atoms with Gasteiger partial charge in [0.15, 0.2) is 0 Å². The van der Waals surface area contributed by atoms with Gasteiger partial charge in [0.05, 0.1) is 11.0 Å². The molecular weight excluding hydrogens is 402 g/mol. The lowest BCUT2D eigenvalue weighted by Crippen LogP contribution is -2.58. The molecule has 2 aliphatic carbocycles. The van der Waals surface area contributed by atoms with Crippen LogP contribution in [0.2, 0.25) is 0 Å². The standard InChI is InChI=1S/C26H33N3O3/c30-25-24(26(31)32)27-22-9-1-2-10-23(22)29(25)21-14-18-7-4-8-19(15-21)28(18)20-12-16-5-3-6-17(11-16)13-20/h1-2,9-10,16-21H,3-8,11-15H2,(H,31,32)/t16-,17+,18-,19+,20?,21-. The lowest BCUT2D eigenvalue weighted by atomic mass is 9.68. The molecule has 1 aromatic heterocycles. The Morgan fingerprint density at radius 1 is 0.844 bits per heavy atom. The zero-order chi connectivity index (χ0) is 21.8. The van der Waals surface area contributed by atoms with Crippen LogP contribution in [-0.4, -0.2) is 43.7 Å². The molecule has 6 rings (SSSR count). The summed E-state index contributed by atoms with van der Waals surface area (Å²) in [5.74, 6) is 0.590. The highest BCUT2D eigenvalue weighted by Gasteiger charge is 2.45. The maximum absolute atomic E-state index is 13.3. The molecule has 32 heavy (non-hydrogen) atoms. The molecule has 6 heteroatoms. The summed E-state index contributed by atoms with van der Waals surface area (Å²) in [6, 6.07) is 9.25. The average Bonchev–Trinajstić information content (AvgIpc) is 2.77. The summed E-state index contributed by atoms with van der Waals surface area (Å²) in [7, 11) is 0. The van der Waals surface area contributed by atoms with Gasteiger partial charge in [-0.25, -0.2) is 9.78 Å². The van der Waals surface area contributed by atoms with Crippen molar-refractivity contribution < 1.29 is 9.90 Å². The molecule has 2 aliphatic heterocycles. The third-order valence-corrected chi connectivity index (χ3v) is 8.89. The molecule has 4 bridgehead atoms. The highest BCUT2D eigenvalue weighted by molar-refractivity contribution is 5.88. The van der Waals surface area contributed by atoms with E-state index in [0.717, 1.165) is 30.2 Å². The second-order valence-electron chi connectivity index (χ2n) is 10.8. The maximum Gasteiger partial charge on any atom is 0.360 e. The lowest BCUT2D eigenvalue weighted by Gasteiger charge is -2.55. The van der Waals surface area contributed by atoms with Gasteiger partial charge in [0, 0.05) is 24.2 Å². The number of aromatic nitrogens is 2. The third kappa shape index (κ3) is 3.38. The molecule has 4 fully saturated rings. The predicted octanol–water partition coefficient (Wildman–Crippen LogP) is 4.62. The van der Waals surface area contributed by atoms with Crippen molar-refractivity contribution in [2.75, 3.05) is 0 Å².